The van der Waals surface area contributed by atoms with Gasteiger partial charge in [0.25, 0.3) is 5.91 Å². The van der Waals surface area contributed by atoms with E-state index in [2.05, 4.69) is 15.6 Å². The third-order valence-electron chi connectivity index (χ3n) is 9.76. The molecule has 1 aromatic heterocycles. The van der Waals surface area contributed by atoms with Gasteiger partial charge in [-0.1, -0.05) is 35.9 Å². The molecule has 0 saturated carbocycles. The Morgan fingerprint density at radius 1 is 0.978 bits per heavy atom. The molecule has 2 bridgehead atoms. The van der Waals surface area contributed by atoms with Crippen LogP contribution < -0.4 is 15.5 Å². The smallest absolute Gasteiger partial charge is 0.350 e. The maximum atomic E-state index is 14.4. The van der Waals surface area contributed by atoms with Crippen LogP contribution in [-0.2, 0) is 28.9 Å². The summed E-state index contributed by atoms with van der Waals surface area (Å²) in [5, 5.41) is 6.30. The van der Waals surface area contributed by atoms with E-state index in [1.54, 1.807) is 30.3 Å². The molecule has 0 spiro atoms. The van der Waals surface area contributed by atoms with Gasteiger partial charge in [-0.15, -0.1) is 0 Å². The fourth-order valence-corrected chi connectivity index (χ4v) is 7.85. The molecule has 3 saturated heterocycles. The van der Waals surface area contributed by atoms with E-state index in [4.69, 9.17) is 11.6 Å². The van der Waals surface area contributed by atoms with E-state index < -0.39 is 23.7 Å². The number of amides is 3. The van der Waals surface area contributed by atoms with E-state index in [0.29, 0.717) is 47.1 Å². The minimum Gasteiger partial charge on any atom is -0.350 e. The Kier molecular flexibility index (Phi) is 8.01. The number of piperidine rings is 2. The highest BCUT2D eigenvalue weighted by atomic mass is 35.5. The van der Waals surface area contributed by atoms with Crippen molar-refractivity contribution in [3.63, 3.8) is 0 Å². The van der Waals surface area contributed by atoms with Gasteiger partial charge in [0.15, 0.2) is 0 Å². The molecule has 7 rings (SSSR count). The van der Waals surface area contributed by atoms with E-state index in [1.165, 1.54) is 17.2 Å². The summed E-state index contributed by atoms with van der Waals surface area (Å²) in [7, 11) is 0. The normalized spacial score (nSPS) is 24.4. The molecule has 3 amide bonds. The molecule has 3 atom stereocenters. The lowest BCUT2D eigenvalue weighted by Crippen LogP contribution is -2.52. The van der Waals surface area contributed by atoms with Crippen LogP contribution in [0.1, 0.15) is 65.6 Å². The number of anilines is 1. The molecular formula is C34H33ClF3N5O3. The third kappa shape index (κ3) is 5.86. The predicted octanol–water partition coefficient (Wildman–Crippen LogP) is 5.72. The standard InChI is InChI=1S/C34H33ClF3N5O3/c35-24-3-1-2-21(13-24)22-14-28(34(36,37)38)31(40-17-22)43-25-5-6-26(43)12-20(11-25)16-39-15-19-4-7-27-23(10-19)18-42(33(27)46)29-8-9-30(44)41-32(29)45/h1-4,7,10,13-14,17,20,25-26,29,39H,5-6,8-9,11-12,15-16,18H2,(H,41,44,45). The summed E-state index contributed by atoms with van der Waals surface area (Å²) in [6.45, 7) is 1.64. The lowest BCUT2D eigenvalue weighted by atomic mass is 9.90. The van der Waals surface area contributed by atoms with E-state index in [0.717, 1.165) is 43.4 Å². The van der Waals surface area contributed by atoms with Gasteiger partial charge >= 0.3 is 6.18 Å². The Balaban J connectivity index is 0.986. The van der Waals surface area contributed by atoms with Crippen molar-refractivity contribution in [2.24, 2.45) is 5.92 Å². The molecule has 3 aromatic rings. The van der Waals surface area contributed by atoms with Gasteiger partial charge in [0.1, 0.15) is 11.9 Å². The van der Waals surface area contributed by atoms with Gasteiger partial charge in [-0.2, -0.15) is 13.2 Å². The van der Waals surface area contributed by atoms with E-state index >= 15 is 0 Å². The molecule has 3 unspecified atom stereocenters. The summed E-state index contributed by atoms with van der Waals surface area (Å²) in [5.41, 5.74) is 2.69. The van der Waals surface area contributed by atoms with Crippen molar-refractivity contribution in [1.82, 2.24) is 20.5 Å². The quantitative estimate of drug-likeness (QED) is 0.318. The number of fused-ring (bicyclic) bond motifs is 3. The van der Waals surface area contributed by atoms with Crippen molar-refractivity contribution in [3.8, 4) is 11.1 Å². The number of halogens is 4. The predicted molar refractivity (Wildman–Crippen MR) is 166 cm³/mol. The maximum Gasteiger partial charge on any atom is 0.419 e. The zero-order chi connectivity index (χ0) is 32.2. The van der Waals surface area contributed by atoms with Crippen molar-refractivity contribution in [1.29, 1.82) is 0 Å². The highest BCUT2D eigenvalue weighted by Crippen LogP contribution is 2.46. The minimum absolute atomic E-state index is 0.0104. The first-order valence-corrected chi connectivity index (χ1v) is 16.0. The van der Waals surface area contributed by atoms with E-state index in [1.807, 2.05) is 17.0 Å². The Labute approximate surface area is 269 Å². The van der Waals surface area contributed by atoms with E-state index in [-0.39, 0.29) is 36.1 Å². The number of imide groups is 1. The summed E-state index contributed by atoms with van der Waals surface area (Å²) in [6.07, 6.45) is 0.712. The van der Waals surface area contributed by atoms with Gasteiger partial charge in [0.05, 0.1) is 5.56 Å². The first-order valence-electron chi connectivity index (χ1n) is 15.6. The maximum absolute atomic E-state index is 14.4. The summed E-state index contributed by atoms with van der Waals surface area (Å²) in [6, 6.07) is 12.9. The second kappa shape index (κ2) is 12.0. The number of alkyl halides is 3. The van der Waals surface area contributed by atoms with Crippen LogP contribution in [0.5, 0.6) is 0 Å². The highest BCUT2D eigenvalue weighted by molar-refractivity contribution is 6.30. The zero-order valence-electron chi connectivity index (χ0n) is 24.9. The fraction of sp³-hybridized carbons (Fsp3) is 0.412. The molecule has 0 aliphatic carbocycles. The summed E-state index contributed by atoms with van der Waals surface area (Å²) in [5.74, 6) is -0.624. The minimum atomic E-state index is -4.55. The van der Waals surface area contributed by atoms with Gasteiger partial charge in [0, 0.05) is 53.9 Å². The Hall–Kier alpha value is -3.96. The second-order valence-electron chi connectivity index (χ2n) is 12.8. The van der Waals surface area contributed by atoms with Crippen LogP contribution in [0.2, 0.25) is 5.02 Å². The molecule has 46 heavy (non-hydrogen) atoms. The van der Waals surface area contributed by atoms with Crippen LogP contribution in [0, 0.1) is 5.92 Å². The average Bonchev–Trinajstić information content (AvgIpc) is 3.48. The molecule has 240 valence electrons. The molecule has 4 aliphatic rings. The Bertz CT molecular complexity index is 1700. The first-order chi connectivity index (χ1) is 22.0. The molecule has 4 aliphatic heterocycles. The van der Waals surface area contributed by atoms with Crippen molar-refractivity contribution >= 4 is 35.1 Å². The topological polar surface area (TPSA) is 94.6 Å². The van der Waals surface area contributed by atoms with Crippen LogP contribution in [0.15, 0.2) is 54.7 Å². The number of carbonyl (C=O) groups is 3. The Morgan fingerprint density at radius 2 is 1.76 bits per heavy atom. The number of benzene rings is 2. The summed E-state index contributed by atoms with van der Waals surface area (Å²) < 4.78 is 43.1. The third-order valence-corrected chi connectivity index (χ3v) is 9.99. The molecular weight excluding hydrogens is 619 g/mol. The SMILES string of the molecule is O=C1CCC(N2Cc3cc(CNCC4CC5CCC(C4)N5c4ncc(-c5cccc(Cl)c5)cc4C(F)(F)F)ccc3C2=O)C(=O)N1. The number of hydrogen-bond acceptors (Lipinski definition) is 6. The van der Waals surface area contributed by atoms with Gasteiger partial charge in [-0.3, -0.25) is 19.7 Å². The van der Waals surface area contributed by atoms with Gasteiger partial charge < -0.3 is 15.1 Å². The van der Waals surface area contributed by atoms with Crippen LogP contribution in [0.4, 0.5) is 19.0 Å². The van der Waals surface area contributed by atoms with Gasteiger partial charge in [-0.25, -0.2) is 4.98 Å². The van der Waals surface area contributed by atoms with Crippen molar-refractivity contribution < 1.29 is 27.6 Å². The zero-order valence-corrected chi connectivity index (χ0v) is 25.7. The number of rotatable bonds is 7. The Morgan fingerprint density at radius 3 is 2.48 bits per heavy atom. The van der Waals surface area contributed by atoms with Crippen molar-refractivity contribution in [2.45, 2.75) is 75.9 Å². The summed E-state index contributed by atoms with van der Waals surface area (Å²) in [4.78, 5) is 44.7. The number of aromatic nitrogens is 1. The van der Waals surface area contributed by atoms with Gasteiger partial charge in [-0.05, 0) is 85.5 Å². The number of carbonyl (C=O) groups excluding carboxylic acids is 3. The van der Waals surface area contributed by atoms with Crippen molar-refractivity contribution in [3.05, 3.63) is 82.0 Å². The second-order valence-corrected chi connectivity index (χ2v) is 13.2. The average molecular weight is 652 g/mol. The molecule has 5 heterocycles. The first kappa shape index (κ1) is 30.7. The number of pyridine rings is 1. The highest BCUT2D eigenvalue weighted by Gasteiger charge is 2.45. The molecule has 2 N–H and O–H groups in total. The molecule has 8 nitrogen and oxygen atoms in total. The molecule has 3 fully saturated rings. The largest absolute Gasteiger partial charge is 0.419 e. The molecule has 12 heteroatoms. The van der Waals surface area contributed by atoms with Crippen LogP contribution in [0.3, 0.4) is 0 Å². The molecule has 2 aromatic carbocycles. The number of hydrogen-bond donors (Lipinski definition) is 2. The van der Waals surface area contributed by atoms with Crippen LogP contribution in [0.25, 0.3) is 11.1 Å². The molecule has 0 radical (unpaired) electrons. The number of nitrogens with one attached hydrogen (secondary N) is 2. The number of nitrogens with zero attached hydrogens (tertiary/aromatic N) is 3. The van der Waals surface area contributed by atoms with E-state index in [9.17, 15) is 27.6 Å². The summed E-state index contributed by atoms with van der Waals surface area (Å²) >= 11 is 6.09. The van der Waals surface area contributed by atoms with Crippen molar-refractivity contribution in [2.75, 3.05) is 11.4 Å². The van der Waals surface area contributed by atoms with Gasteiger partial charge in [0.2, 0.25) is 11.8 Å². The monoisotopic (exact) mass is 651 g/mol. The fourth-order valence-electron chi connectivity index (χ4n) is 7.66. The lowest BCUT2D eigenvalue weighted by Gasteiger charge is -2.41. The van der Waals surface area contributed by atoms with Crippen LogP contribution in [-0.4, -0.2) is 52.3 Å². The lowest BCUT2D eigenvalue weighted by molar-refractivity contribution is -0.138. The van der Waals surface area contributed by atoms with Crippen LogP contribution >= 0.6 is 11.6 Å².